The van der Waals surface area contributed by atoms with Crippen LogP contribution in [0.1, 0.15) is 41.8 Å². The van der Waals surface area contributed by atoms with E-state index in [2.05, 4.69) is 25.9 Å². The molecule has 0 aliphatic rings. The lowest BCUT2D eigenvalue weighted by Gasteiger charge is -2.14. The molecule has 3 rings (SSSR count). The van der Waals surface area contributed by atoms with Crippen LogP contribution in [0, 0.1) is 5.82 Å². The minimum Gasteiger partial charge on any atom is -0.361 e. The first-order valence-electron chi connectivity index (χ1n) is 10.6. The maximum Gasteiger partial charge on any atom is 0.251 e. The highest BCUT2D eigenvalue weighted by molar-refractivity contribution is 5.94. The Bertz CT molecular complexity index is 1060. The monoisotopic (exact) mass is 423 g/mol. The van der Waals surface area contributed by atoms with E-state index in [0.717, 1.165) is 34.9 Å². The van der Waals surface area contributed by atoms with Crippen LogP contribution in [-0.2, 0) is 13.0 Å². The number of H-pyrrole nitrogens is 1. The molecular weight excluding hydrogens is 393 g/mol. The number of hydrogen-bond donors (Lipinski definition) is 4. The van der Waals surface area contributed by atoms with Crippen molar-refractivity contribution < 1.29 is 9.18 Å². The van der Waals surface area contributed by atoms with Gasteiger partial charge in [-0.15, -0.1) is 0 Å². The molecule has 0 spiro atoms. The zero-order chi connectivity index (χ0) is 22.2. The highest BCUT2D eigenvalue weighted by atomic mass is 19.1. The average molecular weight is 424 g/mol. The van der Waals surface area contributed by atoms with E-state index in [-0.39, 0.29) is 17.8 Å². The Morgan fingerprint density at radius 1 is 1.19 bits per heavy atom. The van der Waals surface area contributed by atoms with Crippen LogP contribution in [0.5, 0.6) is 0 Å². The topological polar surface area (TPSA) is 81.3 Å². The molecule has 1 unspecified atom stereocenters. The number of fused-ring (bicyclic) bond motifs is 1. The largest absolute Gasteiger partial charge is 0.361 e. The summed E-state index contributed by atoms with van der Waals surface area (Å²) in [7, 11) is 1.71. The third-order valence-electron chi connectivity index (χ3n) is 5.28. The van der Waals surface area contributed by atoms with Crippen LogP contribution < -0.4 is 16.0 Å². The molecule has 0 fully saturated rings. The van der Waals surface area contributed by atoms with Crippen LogP contribution in [0.4, 0.5) is 4.39 Å². The summed E-state index contributed by atoms with van der Waals surface area (Å²) in [6, 6.07) is 12.5. The van der Waals surface area contributed by atoms with Crippen LogP contribution in [0.15, 0.2) is 53.7 Å². The number of nitrogens with one attached hydrogen (secondary N) is 4. The number of halogens is 1. The fourth-order valence-electron chi connectivity index (χ4n) is 3.31. The number of amides is 1. The lowest BCUT2D eigenvalue weighted by atomic mass is 10.1. The smallest absolute Gasteiger partial charge is 0.251 e. The van der Waals surface area contributed by atoms with Crippen LogP contribution >= 0.6 is 0 Å². The predicted octanol–water partition coefficient (Wildman–Crippen LogP) is 3.74. The second-order valence-electron chi connectivity index (χ2n) is 7.59. The molecule has 0 aliphatic heterocycles. The fraction of sp³-hybridized carbons (Fsp3) is 0.333. The standard InChI is InChI=1S/C24H30FN5O/c1-4-16(2)30-23(31)18-7-5-6-17(12-18)14-29-24(26-3)27-11-10-19-15-28-22-9-8-20(25)13-21(19)22/h5-9,12-13,15-16,28H,4,10-11,14H2,1-3H3,(H,30,31)(H2,26,27,29). The quantitative estimate of drug-likeness (QED) is 0.329. The summed E-state index contributed by atoms with van der Waals surface area (Å²) >= 11 is 0. The van der Waals surface area contributed by atoms with Gasteiger partial charge in [-0.25, -0.2) is 4.39 Å². The molecule has 1 amide bonds. The number of rotatable bonds is 8. The Morgan fingerprint density at radius 2 is 2.03 bits per heavy atom. The first-order chi connectivity index (χ1) is 15.0. The molecule has 3 aromatic rings. The summed E-state index contributed by atoms with van der Waals surface area (Å²) in [6.45, 7) is 5.23. The molecule has 0 saturated carbocycles. The number of aromatic nitrogens is 1. The molecule has 31 heavy (non-hydrogen) atoms. The van der Waals surface area contributed by atoms with Crippen molar-refractivity contribution in [2.75, 3.05) is 13.6 Å². The Hall–Kier alpha value is -3.35. The van der Waals surface area contributed by atoms with Crippen molar-refractivity contribution in [3.8, 4) is 0 Å². The number of guanidine groups is 1. The minimum atomic E-state index is -0.237. The highest BCUT2D eigenvalue weighted by Crippen LogP contribution is 2.19. The SMILES string of the molecule is CCC(C)NC(=O)c1cccc(CNC(=NC)NCCc2c[nH]c3ccc(F)cc23)c1. The van der Waals surface area contributed by atoms with Gasteiger partial charge in [-0.3, -0.25) is 9.79 Å². The van der Waals surface area contributed by atoms with Gasteiger partial charge in [-0.05, 0) is 61.2 Å². The van der Waals surface area contributed by atoms with Gasteiger partial charge in [0.15, 0.2) is 5.96 Å². The van der Waals surface area contributed by atoms with Gasteiger partial charge in [0.2, 0.25) is 0 Å². The Labute approximate surface area is 182 Å². The van der Waals surface area contributed by atoms with Crippen molar-refractivity contribution in [2.24, 2.45) is 4.99 Å². The van der Waals surface area contributed by atoms with E-state index in [1.54, 1.807) is 19.2 Å². The van der Waals surface area contributed by atoms with Gasteiger partial charge in [0.05, 0.1) is 0 Å². The molecule has 2 aromatic carbocycles. The van der Waals surface area contributed by atoms with Crippen molar-refractivity contribution in [3.63, 3.8) is 0 Å². The van der Waals surface area contributed by atoms with E-state index in [4.69, 9.17) is 0 Å². The van der Waals surface area contributed by atoms with E-state index in [9.17, 15) is 9.18 Å². The van der Waals surface area contributed by atoms with Gasteiger partial charge >= 0.3 is 0 Å². The molecule has 1 atom stereocenters. The summed E-state index contributed by atoms with van der Waals surface area (Å²) in [4.78, 5) is 19.8. The van der Waals surface area contributed by atoms with Gasteiger partial charge in [0.25, 0.3) is 5.91 Å². The Morgan fingerprint density at radius 3 is 2.81 bits per heavy atom. The molecule has 0 saturated heterocycles. The van der Waals surface area contributed by atoms with Gasteiger partial charge < -0.3 is 20.9 Å². The molecule has 164 valence electrons. The normalized spacial score (nSPS) is 12.6. The van der Waals surface area contributed by atoms with Crippen LogP contribution in [0.25, 0.3) is 10.9 Å². The maximum atomic E-state index is 13.5. The Kier molecular flexibility index (Phi) is 7.65. The molecular formula is C24H30FN5O. The minimum absolute atomic E-state index is 0.0612. The van der Waals surface area contributed by atoms with E-state index >= 15 is 0 Å². The molecule has 7 heteroatoms. The number of carbonyl (C=O) groups is 1. The van der Waals surface area contributed by atoms with E-state index in [0.29, 0.717) is 24.6 Å². The van der Waals surface area contributed by atoms with Crippen molar-refractivity contribution >= 4 is 22.8 Å². The third kappa shape index (κ3) is 6.07. The fourth-order valence-corrected chi connectivity index (χ4v) is 3.31. The molecule has 0 bridgehead atoms. The van der Waals surface area contributed by atoms with Crippen LogP contribution in [0.2, 0.25) is 0 Å². The molecule has 4 N–H and O–H groups in total. The zero-order valence-corrected chi connectivity index (χ0v) is 18.3. The summed E-state index contributed by atoms with van der Waals surface area (Å²) < 4.78 is 13.5. The molecule has 1 aromatic heterocycles. The number of hydrogen-bond acceptors (Lipinski definition) is 2. The highest BCUT2D eigenvalue weighted by Gasteiger charge is 2.09. The predicted molar refractivity (Wildman–Crippen MR) is 124 cm³/mol. The lowest BCUT2D eigenvalue weighted by Crippen LogP contribution is -2.38. The van der Waals surface area contributed by atoms with Crippen molar-refractivity contribution in [1.82, 2.24) is 20.9 Å². The van der Waals surface area contributed by atoms with Gasteiger partial charge in [-0.2, -0.15) is 0 Å². The molecule has 1 heterocycles. The van der Waals surface area contributed by atoms with E-state index < -0.39 is 0 Å². The molecule has 0 radical (unpaired) electrons. The van der Waals surface area contributed by atoms with Crippen LogP contribution in [0.3, 0.4) is 0 Å². The first kappa shape index (κ1) is 22.3. The number of aliphatic imine (C=N–C) groups is 1. The zero-order valence-electron chi connectivity index (χ0n) is 18.3. The van der Waals surface area contributed by atoms with Gasteiger partial charge in [-0.1, -0.05) is 19.1 Å². The van der Waals surface area contributed by atoms with Crippen molar-refractivity contribution in [3.05, 3.63) is 71.2 Å². The van der Waals surface area contributed by atoms with Crippen molar-refractivity contribution in [2.45, 2.75) is 39.3 Å². The number of aromatic amines is 1. The number of nitrogens with zero attached hydrogens (tertiary/aromatic N) is 1. The van der Waals surface area contributed by atoms with Gasteiger partial charge in [0.1, 0.15) is 5.82 Å². The van der Waals surface area contributed by atoms with Gasteiger partial charge in [0, 0.05) is 48.8 Å². The molecule has 6 nitrogen and oxygen atoms in total. The first-order valence-corrected chi connectivity index (χ1v) is 10.6. The average Bonchev–Trinajstić information content (AvgIpc) is 3.18. The maximum absolute atomic E-state index is 13.5. The Balaban J connectivity index is 1.52. The second-order valence-corrected chi connectivity index (χ2v) is 7.59. The summed E-state index contributed by atoms with van der Waals surface area (Å²) in [5.41, 5.74) is 3.62. The summed E-state index contributed by atoms with van der Waals surface area (Å²) in [5.74, 6) is 0.369. The number of carbonyl (C=O) groups excluding carboxylic acids is 1. The van der Waals surface area contributed by atoms with Crippen LogP contribution in [-0.4, -0.2) is 36.5 Å². The van der Waals surface area contributed by atoms with E-state index in [1.165, 1.54) is 6.07 Å². The second kappa shape index (κ2) is 10.6. The van der Waals surface area contributed by atoms with Crippen molar-refractivity contribution in [1.29, 1.82) is 0 Å². The lowest BCUT2D eigenvalue weighted by molar-refractivity contribution is 0.0939. The summed E-state index contributed by atoms with van der Waals surface area (Å²) in [5, 5.41) is 10.4. The molecule has 0 aliphatic carbocycles. The number of benzene rings is 2. The van der Waals surface area contributed by atoms with E-state index in [1.807, 2.05) is 44.3 Å². The third-order valence-corrected chi connectivity index (χ3v) is 5.28. The summed E-state index contributed by atoms with van der Waals surface area (Å²) in [6.07, 6.45) is 3.54.